The van der Waals surface area contributed by atoms with Crippen molar-refractivity contribution in [2.45, 2.75) is 22.2 Å². The molecule has 4 unspecified atom stereocenters. The minimum absolute atomic E-state index is 0.851. The normalized spacial score (nSPS) is 27.8. The summed E-state index contributed by atoms with van der Waals surface area (Å²) in [5.41, 5.74) is 13.9. The Morgan fingerprint density at radius 3 is 0.542 bits per heavy atom. The first-order valence-corrected chi connectivity index (χ1v) is 24.9. The van der Waals surface area contributed by atoms with Crippen LogP contribution in [-0.2, 0) is 22.2 Å². The van der Waals surface area contributed by atoms with Gasteiger partial charge in [-0.1, -0.05) is 243 Å². The summed E-state index contributed by atoms with van der Waals surface area (Å²) in [4.78, 5) is 0. The van der Waals surface area contributed by atoms with E-state index in [2.05, 4.69) is 313 Å². The van der Waals surface area contributed by atoms with Gasteiger partial charge >= 0.3 is 0 Å². The SMILES string of the molecule is C1=CC2(c3ccccc3)N/C1=C(/c1ccccc1)C1(c3ccccc3)C=C/C(=C(\c3ccccc3)C3(c4ccccc4)C=C/C(=C(\c4ccccc4)C4(c5ccccc5)C=C/C(=C/2c2ccccc2)N4)N3)N1. The number of benzene rings is 8. The second kappa shape index (κ2) is 17.4. The number of nitrogens with one attached hydrogen (secondary N) is 4. The average molecular weight is 925 g/mol. The Morgan fingerprint density at radius 2 is 0.361 bits per heavy atom. The summed E-state index contributed by atoms with van der Waals surface area (Å²) in [5, 5.41) is 17.5. The Kier molecular flexibility index (Phi) is 10.4. The van der Waals surface area contributed by atoms with Gasteiger partial charge in [0.25, 0.3) is 0 Å². The van der Waals surface area contributed by atoms with Gasteiger partial charge in [-0.15, -0.1) is 0 Å². The van der Waals surface area contributed by atoms with Crippen molar-refractivity contribution in [2.24, 2.45) is 0 Å². The lowest BCUT2D eigenvalue weighted by molar-refractivity contribution is 0.569. The van der Waals surface area contributed by atoms with Gasteiger partial charge in [0.05, 0.1) is 0 Å². The third kappa shape index (κ3) is 6.82. The molecular formula is C68H52N4. The fraction of sp³-hybridized carbons (Fsp3) is 0.0588. The van der Waals surface area contributed by atoms with E-state index in [1.807, 2.05) is 0 Å². The van der Waals surface area contributed by atoms with E-state index in [0.717, 1.165) is 89.6 Å². The number of fused-ring (bicyclic) bond motifs is 8. The maximum atomic E-state index is 4.37. The molecule has 5 aliphatic rings. The molecule has 4 N–H and O–H groups in total. The van der Waals surface area contributed by atoms with Gasteiger partial charge in [-0.25, -0.2) is 0 Å². The summed E-state index contributed by atoms with van der Waals surface area (Å²) in [6, 6.07) is 87.4. The molecule has 5 aliphatic heterocycles. The van der Waals surface area contributed by atoms with E-state index in [9.17, 15) is 0 Å². The first kappa shape index (κ1) is 42.9. The number of hydrogen-bond donors (Lipinski definition) is 4. The van der Waals surface area contributed by atoms with Crippen molar-refractivity contribution in [3.8, 4) is 0 Å². The Bertz CT molecular complexity index is 3090. The topological polar surface area (TPSA) is 48.1 Å². The van der Waals surface area contributed by atoms with Gasteiger partial charge in [-0.05, 0) is 93.1 Å². The van der Waals surface area contributed by atoms with Crippen molar-refractivity contribution in [3.63, 3.8) is 0 Å². The lowest BCUT2D eigenvalue weighted by atomic mass is 9.77. The molecule has 4 nitrogen and oxygen atoms in total. The molecule has 0 aromatic heterocycles. The lowest BCUT2D eigenvalue weighted by Gasteiger charge is -2.41. The van der Waals surface area contributed by atoms with Crippen LogP contribution >= 0.6 is 0 Å². The molecule has 4 atom stereocenters. The molecule has 0 fully saturated rings. The third-order valence-electron chi connectivity index (χ3n) is 15.1. The summed E-state index contributed by atoms with van der Waals surface area (Å²) in [7, 11) is 0. The first-order chi connectivity index (χ1) is 35.6. The molecule has 0 spiro atoms. The second-order valence-corrected chi connectivity index (χ2v) is 19.1. The van der Waals surface area contributed by atoms with E-state index < -0.39 is 22.2 Å². The summed E-state index contributed by atoms with van der Waals surface area (Å²) in [6.45, 7) is 0. The van der Waals surface area contributed by atoms with Crippen LogP contribution < -0.4 is 21.3 Å². The fourth-order valence-corrected chi connectivity index (χ4v) is 12.0. The highest BCUT2D eigenvalue weighted by atomic mass is 15.1. The minimum atomic E-state index is -0.851. The van der Waals surface area contributed by atoms with Crippen molar-refractivity contribution in [1.29, 1.82) is 0 Å². The highest BCUT2D eigenvalue weighted by Crippen LogP contribution is 2.54. The summed E-state index contributed by atoms with van der Waals surface area (Å²) in [6.07, 6.45) is 18.9. The molecule has 13 rings (SSSR count). The van der Waals surface area contributed by atoms with Crippen LogP contribution in [-0.4, -0.2) is 0 Å². The summed E-state index contributed by atoms with van der Waals surface area (Å²) >= 11 is 0. The Hall–Kier alpha value is -9.12. The van der Waals surface area contributed by atoms with Crippen LogP contribution in [0.3, 0.4) is 0 Å². The van der Waals surface area contributed by atoms with Crippen molar-refractivity contribution < 1.29 is 0 Å². The summed E-state index contributed by atoms with van der Waals surface area (Å²) < 4.78 is 0. The van der Waals surface area contributed by atoms with E-state index in [4.69, 9.17) is 0 Å². The zero-order valence-electron chi connectivity index (χ0n) is 39.7. The molecule has 0 radical (unpaired) electrons. The van der Waals surface area contributed by atoms with Crippen LogP contribution in [0.2, 0.25) is 0 Å². The number of rotatable bonds is 8. The molecule has 8 bridgehead atoms. The van der Waals surface area contributed by atoms with Crippen LogP contribution in [0.1, 0.15) is 44.5 Å². The summed E-state index contributed by atoms with van der Waals surface area (Å²) in [5.74, 6) is 0. The molecule has 344 valence electrons. The van der Waals surface area contributed by atoms with Gasteiger partial charge in [0, 0.05) is 45.1 Å². The molecule has 5 heterocycles. The maximum absolute atomic E-state index is 4.37. The highest BCUT2D eigenvalue weighted by molar-refractivity contribution is 5.93. The van der Waals surface area contributed by atoms with Crippen molar-refractivity contribution in [1.82, 2.24) is 21.3 Å². The fourth-order valence-electron chi connectivity index (χ4n) is 12.0. The standard InChI is InChI=1S/C68H52N4/c1-9-25-49(26-10-1)61-57-41-46-66(69-57,54-35-19-6-20-36-54)63(51-29-13-3-14-30-51)59-43-48-68(71-59,56-39-23-8-24-40-56)64(52-31-15-4-16-32-52)60-44-47-67(72-60,55-37-21-7-22-38-55)62(50-27-11-2-12-28-50)58-42-45-65(61,70-58)53-33-17-5-18-34-53/h1-48,69-72H/b61-57-,62-58-,63-59-,64-60-. The Morgan fingerprint density at radius 1 is 0.194 bits per heavy atom. The van der Waals surface area contributed by atoms with Crippen molar-refractivity contribution in [2.75, 3.05) is 0 Å². The van der Waals surface area contributed by atoms with Gasteiger partial charge in [-0.3, -0.25) is 0 Å². The van der Waals surface area contributed by atoms with E-state index in [1.54, 1.807) is 0 Å². The predicted molar refractivity (Wildman–Crippen MR) is 295 cm³/mol. The van der Waals surface area contributed by atoms with E-state index in [1.165, 1.54) is 0 Å². The smallest absolute Gasteiger partial charge is 0.110 e. The number of allylic oxidation sites excluding steroid dienone is 4. The van der Waals surface area contributed by atoms with Crippen LogP contribution in [0.15, 0.2) is 314 Å². The van der Waals surface area contributed by atoms with Gasteiger partial charge in [-0.2, -0.15) is 0 Å². The molecule has 8 aromatic carbocycles. The molecule has 0 aliphatic carbocycles. The van der Waals surface area contributed by atoms with Crippen molar-refractivity contribution in [3.05, 3.63) is 359 Å². The van der Waals surface area contributed by atoms with E-state index >= 15 is 0 Å². The molecule has 4 heteroatoms. The third-order valence-corrected chi connectivity index (χ3v) is 15.1. The van der Waals surface area contributed by atoms with Crippen LogP contribution in [0, 0.1) is 0 Å². The molecular weight excluding hydrogens is 873 g/mol. The van der Waals surface area contributed by atoms with Crippen molar-refractivity contribution >= 4 is 22.3 Å². The second-order valence-electron chi connectivity index (χ2n) is 19.1. The highest BCUT2D eigenvalue weighted by Gasteiger charge is 2.51. The molecule has 0 saturated heterocycles. The Labute approximate surface area is 422 Å². The molecule has 72 heavy (non-hydrogen) atoms. The largest absolute Gasteiger partial charge is 0.368 e. The maximum Gasteiger partial charge on any atom is 0.110 e. The average Bonchev–Trinajstić information content (AvgIpc) is 4.29. The zero-order valence-corrected chi connectivity index (χ0v) is 39.7. The van der Waals surface area contributed by atoms with Crippen LogP contribution in [0.5, 0.6) is 0 Å². The molecule has 0 saturated carbocycles. The van der Waals surface area contributed by atoms with Gasteiger partial charge in [0.2, 0.25) is 0 Å². The first-order valence-electron chi connectivity index (χ1n) is 24.9. The zero-order chi connectivity index (χ0) is 48.0. The number of hydrogen-bond acceptors (Lipinski definition) is 4. The van der Waals surface area contributed by atoms with Crippen LogP contribution in [0.4, 0.5) is 0 Å². The minimum Gasteiger partial charge on any atom is -0.368 e. The lowest BCUT2D eigenvalue weighted by Crippen LogP contribution is -2.46. The van der Waals surface area contributed by atoms with E-state index in [0.29, 0.717) is 0 Å². The molecule has 8 aromatic rings. The monoisotopic (exact) mass is 924 g/mol. The quantitative estimate of drug-likeness (QED) is 0.123. The van der Waals surface area contributed by atoms with Crippen LogP contribution in [0.25, 0.3) is 22.3 Å². The van der Waals surface area contributed by atoms with Gasteiger partial charge in [0.1, 0.15) is 22.2 Å². The van der Waals surface area contributed by atoms with Gasteiger partial charge in [0.15, 0.2) is 0 Å². The van der Waals surface area contributed by atoms with Gasteiger partial charge < -0.3 is 21.3 Å². The van der Waals surface area contributed by atoms with E-state index in [-0.39, 0.29) is 0 Å². The Balaban J connectivity index is 1.21. The predicted octanol–water partition coefficient (Wildman–Crippen LogP) is 13.9. The molecule has 0 amide bonds.